The van der Waals surface area contributed by atoms with Crippen molar-refractivity contribution in [2.75, 3.05) is 6.61 Å². The lowest BCUT2D eigenvalue weighted by Gasteiger charge is -2.10. The number of allylic oxidation sites excluding steroid dienone is 2. The van der Waals surface area contributed by atoms with E-state index in [0.29, 0.717) is 0 Å². The summed E-state index contributed by atoms with van der Waals surface area (Å²) in [4.78, 5) is 1.56. The lowest BCUT2D eigenvalue weighted by atomic mass is 10.2. The van der Waals surface area contributed by atoms with Crippen molar-refractivity contribution < 1.29 is 9.32 Å². The summed E-state index contributed by atoms with van der Waals surface area (Å²) in [6, 6.07) is 9.30. The van der Waals surface area contributed by atoms with E-state index in [0.717, 1.165) is 9.80 Å². The van der Waals surface area contributed by atoms with Crippen molar-refractivity contribution in [3.63, 3.8) is 0 Å². The minimum Gasteiger partial charge on any atom is -0.395 e. The molecule has 0 fully saturated rings. The fraction of sp³-hybridized carbons (Fsp3) is 0.167. The number of benzene rings is 1. The standard InChI is InChI=1S/C12H12O2S/c13-9-10-5-4-8-12(10)15(14)11-6-2-1-3-7-11/h1-8,10,13H,9H2. The highest BCUT2D eigenvalue weighted by atomic mass is 32.2. The third kappa shape index (κ3) is 2.08. The average molecular weight is 220 g/mol. The van der Waals surface area contributed by atoms with Crippen LogP contribution in [0.4, 0.5) is 0 Å². The van der Waals surface area contributed by atoms with Gasteiger partial charge in [-0.15, -0.1) is 0 Å². The quantitative estimate of drug-likeness (QED) is 0.844. The minimum absolute atomic E-state index is 0.0148. The fourth-order valence-corrected chi connectivity index (χ4v) is 2.84. The van der Waals surface area contributed by atoms with Crippen LogP contribution in [0, 0.1) is 5.92 Å². The third-order valence-electron chi connectivity index (χ3n) is 2.34. The first-order valence-corrected chi connectivity index (χ1v) is 5.94. The predicted molar refractivity (Wildman–Crippen MR) is 60.6 cm³/mol. The molecule has 15 heavy (non-hydrogen) atoms. The van der Waals surface area contributed by atoms with Gasteiger partial charge in [0.25, 0.3) is 0 Å². The largest absolute Gasteiger partial charge is 0.395 e. The Morgan fingerprint density at radius 1 is 1.27 bits per heavy atom. The van der Waals surface area contributed by atoms with E-state index >= 15 is 0 Å². The van der Waals surface area contributed by atoms with Crippen molar-refractivity contribution in [3.8, 4) is 0 Å². The van der Waals surface area contributed by atoms with Crippen LogP contribution in [0.2, 0.25) is 0 Å². The second-order valence-electron chi connectivity index (χ2n) is 3.32. The molecule has 0 aliphatic heterocycles. The SMILES string of the molecule is O=S(C1=CC=CC1CO)c1ccccc1. The summed E-state index contributed by atoms with van der Waals surface area (Å²) in [7, 11) is -1.15. The molecule has 2 nitrogen and oxygen atoms in total. The monoisotopic (exact) mass is 220 g/mol. The first-order chi connectivity index (χ1) is 7.33. The third-order valence-corrected chi connectivity index (χ3v) is 3.90. The van der Waals surface area contributed by atoms with Gasteiger partial charge >= 0.3 is 0 Å². The summed E-state index contributed by atoms with van der Waals surface area (Å²) in [6.45, 7) is 0.0148. The fourth-order valence-electron chi connectivity index (χ4n) is 1.53. The Kier molecular flexibility index (Phi) is 3.14. The second kappa shape index (κ2) is 4.55. The lowest BCUT2D eigenvalue weighted by Crippen LogP contribution is -2.08. The number of rotatable bonds is 3. The molecule has 0 aromatic heterocycles. The van der Waals surface area contributed by atoms with Gasteiger partial charge in [-0.1, -0.05) is 30.4 Å². The van der Waals surface area contributed by atoms with Crippen molar-refractivity contribution in [1.82, 2.24) is 0 Å². The van der Waals surface area contributed by atoms with Gasteiger partial charge in [0.05, 0.1) is 17.4 Å². The van der Waals surface area contributed by atoms with Crippen LogP contribution >= 0.6 is 0 Å². The smallest absolute Gasteiger partial charge is 0.0815 e. The van der Waals surface area contributed by atoms with Crippen LogP contribution < -0.4 is 0 Å². The van der Waals surface area contributed by atoms with E-state index < -0.39 is 10.8 Å². The van der Waals surface area contributed by atoms with Gasteiger partial charge in [-0.25, -0.2) is 4.21 Å². The van der Waals surface area contributed by atoms with Gasteiger partial charge in [0, 0.05) is 15.7 Å². The molecule has 3 heteroatoms. The molecule has 0 spiro atoms. The van der Waals surface area contributed by atoms with Crippen LogP contribution in [0.15, 0.2) is 58.4 Å². The van der Waals surface area contributed by atoms with Gasteiger partial charge < -0.3 is 5.11 Å². The van der Waals surface area contributed by atoms with Gasteiger partial charge in [0.1, 0.15) is 0 Å². The molecule has 1 aliphatic carbocycles. The van der Waals surface area contributed by atoms with Crippen LogP contribution in [0.3, 0.4) is 0 Å². The first kappa shape index (κ1) is 10.3. The zero-order chi connectivity index (χ0) is 10.7. The van der Waals surface area contributed by atoms with Crippen molar-refractivity contribution in [1.29, 1.82) is 0 Å². The van der Waals surface area contributed by atoms with Crippen molar-refractivity contribution in [3.05, 3.63) is 53.5 Å². The van der Waals surface area contributed by atoms with Crippen LogP contribution in [0.1, 0.15) is 0 Å². The van der Waals surface area contributed by atoms with Crippen LogP contribution in [-0.2, 0) is 10.8 Å². The summed E-state index contributed by atoms with van der Waals surface area (Å²) in [5, 5.41) is 9.11. The van der Waals surface area contributed by atoms with Crippen LogP contribution in [0.25, 0.3) is 0 Å². The Bertz CT molecular complexity index is 421. The van der Waals surface area contributed by atoms with E-state index in [9.17, 15) is 4.21 Å². The number of aliphatic hydroxyl groups excluding tert-OH is 1. The van der Waals surface area contributed by atoms with Crippen LogP contribution in [-0.4, -0.2) is 15.9 Å². The highest BCUT2D eigenvalue weighted by molar-refractivity contribution is 7.89. The Labute approximate surface area is 91.4 Å². The van der Waals surface area contributed by atoms with Crippen LogP contribution in [0.5, 0.6) is 0 Å². The number of hydrogen-bond acceptors (Lipinski definition) is 2. The van der Waals surface area contributed by atoms with Crippen molar-refractivity contribution in [2.24, 2.45) is 5.92 Å². The summed E-state index contributed by atoms with van der Waals surface area (Å²) >= 11 is 0. The topological polar surface area (TPSA) is 37.3 Å². The molecule has 0 amide bonds. The molecule has 0 heterocycles. The maximum absolute atomic E-state index is 12.1. The molecule has 0 saturated heterocycles. The molecule has 0 saturated carbocycles. The normalized spacial score (nSPS) is 21.4. The molecular formula is C12H12O2S. The summed E-state index contributed by atoms with van der Waals surface area (Å²) in [5.41, 5.74) is 0. The zero-order valence-electron chi connectivity index (χ0n) is 8.17. The molecule has 0 radical (unpaired) electrons. The summed E-state index contributed by atoms with van der Waals surface area (Å²) in [5.74, 6) is -0.0916. The van der Waals surface area contributed by atoms with Gasteiger partial charge in [-0.3, -0.25) is 0 Å². The zero-order valence-corrected chi connectivity index (χ0v) is 8.98. The van der Waals surface area contributed by atoms with E-state index in [4.69, 9.17) is 5.11 Å². The molecule has 0 bridgehead atoms. The van der Waals surface area contributed by atoms with Gasteiger partial charge in [0.15, 0.2) is 0 Å². The highest BCUT2D eigenvalue weighted by Gasteiger charge is 2.20. The van der Waals surface area contributed by atoms with E-state index in [1.807, 2.05) is 48.6 Å². The maximum atomic E-state index is 12.1. The van der Waals surface area contributed by atoms with Crippen molar-refractivity contribution >= 4 is 10.8 Å². The Morgan fingerprint density at radius 2 is 2.00 bits per heavy atom. The molecule has 78 valence electrons. The van der Waals surface area contributed by atoms with Gasteiger partial charge in [0.2, 0.25) is 0 Å². The van der Waals surface area contributed by atoms with E-state index in [1.54, 1.807) is 0 Å². The number of hydrogen-bond donors (Lipinski definition) is 1. The molecule has 1 aromatic carbocycles. The lowest BCUT2D eigenvalue weighted by molar-refractivity contribution is 0.273. The van der Waals surface area contributed by atoms with Crippen molar-refractivity contribution in [2.45, 2.75) is 4.90 Å². The van der Waals surface area contributed by atoms with E-state index in [-0.39, 0.29) is 12.5 Å². The second-order valence-corrected chi connectivity index (χ2v) is 4.81. The molecule has 2 unspecified atom stereocenters. The Morgan fingerprint density at radius 3 is 2.67 bits per heavy atom. The molecule has 1 N–H and O–H groups in total. The summed E-state index contributed by atoms with van der Waals surface area (Å²) in [6.07, 6.45) is 5.54. The average Bonchev–Trinajstić information content (AvgIpc) is 2.77. The minimum atomic E-state index is -1.15. The maximum Gasteiger partial charge on any atom is 0.0815 e. The molecule has 2 rings (SSSR count). The molecule has 1 aliphatic rings. The predicted octanol–water partition coefficient (Wildman–Crippen LogP) is 1.86. The Balaban J connectivity index is 2.23. The van der Waals surface area contributed by atoms with E-state index in [2.05, 4.69) is 0 Å². The van der Waals surface area contributed by atoms with Gasteiger partial charge in [-0.2, -0.15) is 0 Å². The molecule has 2 atom stereocenters. The summed E-state index contributed by atoms with van der Waals surface area (Å²) < 4.78 is 12.1. The highest BCUT2D eigenvalue weighted by Crippen LogP contribution is 2.26. The number of aliphatic hydroxyl groups is 1. The Hall–Kier alpha value is -1.19. The molecule has 1 aromatic rings. The molecular weight excluding hydrogens is 208 g/mol. The first-order valence-electron chi connectivity index (χ1n) is 4.79. The van der Waals surface area contributed by atoms with E-state index in [1.165, 1.54) is 0 Å². The van der Waals surface area contributed by atoms with Gasteiger partial charge in [-0.05, 0) is 18.2 Å².